The number of ether oxygens (including phenoxy) is 1. The molecule has 0 aromatic heterocycles. The molecule has 1 saturated heterocycles. The Hall–Kier alpha value is -2.53. The summed E-state index contributed by atoms with van der Waals surface area (Å²) >= 11 is 0. The molecule has 0 N–H and O–H groups in total. The summed E-state index contributed by atoms with van der Waals surface area (Å²) in [6.45, 7) is 3.75. The van der Waals surface area contributed by atoms with Gasteiger partial charge in [-0.3, -0.25) is 14.5 Å². The molecule has 0 radical (unpaired) electrons. The van der Waals surface area contributed by atoms with Gasteiger partial charge in [-0.2, -0.15) is 0 Å². The first kappa shape index (κ1) is 19.2. The highest BCUT2D eigenvalue weighted by Crippen LogP contribution is 2.27. The SMILES string of the molecule is COc1ccc(F)cc1C(=O)[C@H]1CCCN(Cc2cccc(C(C)=O)c2)C1. The number of nitrogens with zero attached hydrogens (tertiary/aromatic N) is 1. The number of likely N-dealkylation sites (tertiary alicyclic amines) is 1. The molecule has 27 heavy (non-hydrogen) atoms. The molecule has 4 nitrogen and oxygen atoms in total. The third-order valence-electron chi connectivity index (χ3n) is 5.04. The molecule has 5 heteroatoms. The zero-order valence-electron chi connectivity index (χ0n) is 15.7. The van der Waals surface area contributed by atoms with E-state index in [-0.39, 0.29) is 17.5 Å². The van der Waals surface area contributed by atoms with Crippen molar-refractivity contribution < 1.29 is 18.7 Å². The minimum absolute atomic E-state index is 0.0433. The quantitative estimate of drug-likeness (QED) is 0.718. The van der Waals surface area contributed by atoms with Crippen LogP contribution in [-0.2, 0) is 6.54 Å². The van der Waals surface area contributed by atoms with Crippen molar-refractivity contribution in [2.75, 3.05) is 20.2 Å². The van der Waals surface area contributed by atoms with Gasteiger partial charge < -0.3 is 4.74 Å². The van der Waals surface area contributed by atoms with Crippen molar-refractivity contribution in [3.63, 3.8) is 0 Å². The minimum Gasteiger partial charge on any atom is -0.496 e. The molecule has 0 spiro atoms. The number of hydrogen-bond donors (Lipinski definition) is 0. The Balaban J connectivity index is 1.73. The zero-order valence-corrected chi connectivity index (χ0v) is 15.7. The summed E-state index contributed by atoms with van der Waals surface area (Å²) in [5.74, 6) is -0.249. The Morgan fingerprint density at radius 3 is 2.78 bits per heavy atom. The third-order valence-corrected chi connectivity index (χ3v) is 5.04. The first-order chi connectivity index (χ1) is 13.0. The van der Waals surface area contributed by atoms with Gasteiger partial charge in [-0.05, 0) is 56.1 Å². The molecule has 142 valence electrons. The molecule has 1 fully saturated rings. The van der Waals surface area contributed by atoms with E-state index in [2.05, 4.69) is 4.90 Å². The van der Waals surface area contributed by atoms with Gasteiger partial charge in [-0.25, -0.2) is 4.39 Å². The maximum absolute atomic E-state index is 13.6. The van der Waals surface area contributed by atoms with E-state index < -0.39 is 5.82 Å². The number of ketones is 2. The Bertz CT molecular complexity index is 849. The number of methoxy groups -OCH3 is 1. The number of carbonyl (C=O) groups is 2. The lowest BCUT2D eigenvalue weighted by molar-refractivity contribution is 0.0808. The van der Waals surface area contributed by atoms with Crippen LogP contribution in [0.25, 0.3) is 0 Å². The number of halogens is 1. The highest BCUT2D eigenvalue weighted by atomic mass is 19.1. The first-order valence-corrected chi connectivity index (χ1v) is 9.18. The monoisotopic (exact) mass is 369 g/mol. The molecule has 0 aliphatic carbocycles. The lowest BCUT2D eigenvalue weighted by atomic mass is 9.89. The standard InChI is InChI=1S/C22H24FNO3/c1-15(25)17-6-3-5-16(11-17)13-24-10-4-7-18(14-24)22(26)20-12-19(23)8-9-21(20)27-2/h3,5-6,8-9,11-12,18H,4,7,10,13-14H2,1-2H3/t18-/m0/s1. The maximum atomic E-state index is 13.6. The van der Waals surface area contributed by atoms with Gasteiger partial charge in [0.1, 0.15) is 11.6 Å². The fourth-order valence-electron chi connectivity index (χ4n) is 3.65. The van der Waals surface area contributed by atoms with Crippen LogP contribution in [0.1, 0.15) is 46.0 Å². The van der Waals surface area contributed by atoms with Crippen LogP contribution >= 0.6 is 0 Å². The molecule has 1 atom stereocenters. The van der Waals surface area contributed by atoms with E-state index in [4.69, 9.17) is 4.74 Å². The Morgan fingerprint density at radius 1 is 1.22 bits per heavy atom. The van der Waals surface area contributed by atoms with E-state index in [1.54, 1.807) is 6.92 Å². The number of piperidine rings is 1. The normalized spacial score (nSPS) is 17.5. The van der Waals surface area contributed by atoms with Gasteiger partial charge in [-0.15, -0.1) is 0 Å². The van der Waals surface area contributed by atoms with Gasteiger partial charge in [0.15, 0.2) is 11.6 Å². The van der Waals surface area contributed by atoms with Gasteiger partial charge >= 0.3 is 0 Å². The van der Waals surface area contributed by atoms with Gasteiger partial charge in [0.2, 0.25) is 0 Å². The lowest BCUT2D eigenvalue weighted by Crippen LogP contribution is -2.38. The summed E-state index contributed by atoms with van der Waals surface area (Å²) in [4.78, 5) is 26.7. The predicted octanol–water partition coefficient (Wildman–Crippen LogP) is 4.13. The van der Waals surface area contributed by atoms with Crippen molar-refractivity contribution >= 4 is 11.6 Å². The van der Waals surface area contributed by atoms with Crippen LogP contribution in [0.5, 0.6) is 5.75 Å². The van der Waals surface area contributed by atoms with Crippen molar-refractivity contribution in [3.8, 4) is 5.75 Å². The number of Topliss-reactive ketones (excluding diaryl/α,β-unsaturated/α-hetero) is 2. The van der Waals surface area contributed by atoms with Crippen molar-refractivity contribution in [1.29, 1.82) is 0 Å². The van der Waals surface area contributed by atoms with Gasteiger partial charge in [0.25, 0.3) is 0 Å². The second-order valence-corrected chi connectivity index (χ2v) is 7.04. The molecule has 2 aromatic rings. The van der Waals surface area contributed by atoms with Crippen LogP contribution < -0.4 is 4.74 Å². The van der Waals surface area contributed by atoms with Gasteiger partial charge in [0, 0.05) is 24.6 Å². The van der Waals surface area contributed by atoms with Crippen LogP contribution in [-0.4, -0.2) is 36.7 Å². The predicted molar refractivity (Wildman–Crippen MR) is 102 cm³/mol. The zero-order chi connectivity index (χ0) is 19.4. The molecule has 0 unspecified atom stereocenters. The summed E-state index contributed by atoms with van der Waals surface area (Å²) < 4.78 is 18.9. The van der Waals surface area contributed by atoms with Crippen molar-refractivity contribution in [1.82, 2.24) is 4.90 Å². The highest BCUT2D eigenvalue weighted by Gasteiger charge is 2.28. The molecule has 1 aliphatic heterocycles. The molecule has 0 bridgehead atoms. The smallest absolute Gasteiger partial charge is 0.171 e. The molecular formula is C22H24FNO3. The first-order valence-electron chi connectivity index (χ1n) is 9.18. The van der Waals surface area contributed by atoms with E-state index in [0.29, 0.717) is 30.0 Å². The fourth-order valence-corrected chi connectivity index (χ4v) is 3.65. The topological polar surface area (TPSA) is 46.6 Å². The molecule has 1 aliphatic rings. The van der Waals surface area contributed by atoms with Crippen LogP contribution in [0.3, 0.4) is 0 Å². The number of benzene rings is 2. The summed E-state index contributed by atoms with van der Waals surface area (Å²) in [6, 6.07) is 11.6. The summed E-state index contributed by atoms with van der Waals surface area (Å²) in [5, 5.41) is 0. The van der Waals surface area contributed by atoms with Crippen LogP contribution in [0.15, 0.2) is 42.5 Å². The largest absolute Gasteiger partial charge is 0.496 e. The van der Waals surface area contributed by atoms with Crippen molar-refractivity contribution in [2.24, 2.45) is 5.92 Å². The van der Waals surface area contributed by atoms with E-state index in [1.807, 2.05) is 24.3 Å². The third kappa shape index (κ3) is 4.61. The maximum Gasteiger partial charge on any atom is 0.171 e. The summed E-state index contributed by atoms with van der Waals surface area (Å²) in [6.07, 6.45) is 1.68. The summed E-state index contributed by atoms with van der Waals surface area (Å²) in [7, 11) is 1.49. The second kappa shape index (κ2) is 8.44. The van der Waals surface area contributed by atoms with Crippen molar-refractivity contribution in [2.45, 2.75) is 26.3 Å². The Morgan fingerprint density at radius 2 is 2.04 bits per heavy atom. The lowest BCUT2D eigenvalue weighted by Gasteiger charge is -2.32. The molecule has 2 aromatic carbocycles. The van der Waals surface area contributed by atoms with Gasteiger partial charge in [0.05, 0.1) is 12.7 Å². The van der Waals surface area contributed by atoms with E-state index in [1.165, 1.54) is 25.3 Å². The molecule has 1 heterocycles. The Kier molecular flexibility index (Phi) is 6.01. The van der Waals surface area contributed by atoms with E-state index in [0.717, 1.165) is 24.9 Å². The number of hydrogen-bond acceptors (Lipinski definition) is 4. The van der Waals surface area contributed by atoms with Crippen LogP contribution in [0.2, 0.25) is 0 Å². The van der Waals surface area contributed by atoms with Crippen LogP contribution in [0, 0.1) is 11.7 Å². The van der Waals surface area contributed by atoms with E-state index >= 15 is 0 Å². The average Bonchev–Trinajstić information content (AvgIpc) is 2.67. The number of carbonyl (C=O) groups excluding carboxylic acids is 2. The van der Waals surface area contributed by atoms with Gasteiger partial charge in [-0.1, -0.05) is 18.2 Å². The second-order valence-electron chi connectivity index (χ2n) is 7.04. The molecular weight excluding hydrogens is 345 g/mol. The average molecular weight is 369 g/mol. The molecule has 3 rings (SSSR count). The highest BCUT2D eigenvalue weighted by molar-refractivity contribution is 6.00. The minimum atomic E-state index is -0.437. The fraction of sp³-hybridized carbons (Fsp3) is 0.364. The summed E-state index contributed by atoms with van der Waals surface area (Å²) in [5.41, 5.74) is 2.06. The van der Waals surface area contributed by atoms with E-state index in [9.17, 15) is 14.0 Å². The molecule has 0 amide bonds. The molecule has 0 saturated carbocycles. The van der Waals surface area contributed by atoms with Crippen molar-refractivity contribution in [3.05, 3.63) is 65.0 Å². The van der Waals surface area contributed by atoms with Crippen LogP contribution in [0.4, 0.5) is 4.39 Å². The Labute approximate surface area is 158 Å². The number of rotatable bonds is 6.